The van der Waals surface area contributed by atoms with Crippen molar-refractivity contribution in [1.29, 1.82) is 5.26 Å². The maximum absolute atomic E-state index is 12.0. The fourth-order valence-corrected chi connectivity index (χ4v) is 1.87. The largest absolute Gasteiger partial charge is 0.514 e. The van der Waals surface area contributed by atoms with Gasteiger partial charge in [0.2, 0.25) is 0 Å². The van der Waals surface area contributed by atoms with Crippen LogP contribution in [0.15, 0.2) is 23.8 Å². The molecule has 0 aliphatic rings. The SMILES string of the molecule is COc1cc(/C=C(\C#N)C(=O)NC(C)C)ccc1OC(=O)OC(C)(C)C. The number of ether oxygens (including phenoxy) is 3. The normalized spacial score (nSPS) is 11.5. The Balaban J connectivity index is 3.04. The summed E-state index contributed by atoms with van der Waals surface area (Å²) in [5, 5.41) is 11.8. The summed E-state index contributed by atoms with van der Waals surface area (Å²) in [6.07, 6.45) is 0.574. The molecule has 1 aromatic rings. The van der Waals surface area contributed by atoms with Crippen LogP contribution in [0.4, 0.5) is 4.79 Å². The summed E-state index contributed by atoms with van der Waals surface area (Å²) < 4.78 is 15.5. The predicted molar refractivity (Wildman–Crippen MR) is 96.7 cm³/mol. The van der Waals surface area contributed by atoms with Gasteiger partial charge in [0.1, 0.15) is 17.2 Å². The number of nitrogens with zero attached hydrogens (tertiary/aromatic N) is 1. The van der Waals surface area contributed by atoms with Crippen LogP contribution in [0.1, 0.15) is 40.2 Å². The number of carbonyl (C=O) groups excluding carboxylic acids is 2. The van der Waals surface area contributed by atoms with Gasteiger partial charge in [-0.15, -0.1) is 0 Å². The van der Waals surface area contributed by atoms with E-state index >= 15 is 0 Å². The molecule has 0 fully saturated rings. The summed E-state index contributed by atoms with van der Waals surface area (Å²) in [6, 6.07) is 6.44. The summed E-state index contributed by atoms with van der Waals surface area (Å²) in [5.74, 6) is -0.0224. The second-order valence-electron chi connectivity index (χ2n) is 6.77. The number of carbonyl (C=O) groups is 2. The molecule has 0 aliphatic carbocycles. The number of rotatable bonds is 5. The third kappa shape index (κ3) is 6.85. The van der Waals surface area contributed by atoms with Gasteiger partial charge in [-0.25, -0.2) is 4.79 Å². The average molecular weight is 360 g/mol. The highest BCUT2D eigenvalue weighted by atomic mass is 16.7. The molecule has 0 heterocycles. The molecule has 7 nitrogen and oxygen atoms in total. The van der Waals surface area contributed by atoms with Crippen molar-refractivity contribution < 1.29 is 23.8 Å². The third-order valence-corrected chi connectivity index (χ3v) is 2.87. The molecule has 1 N–H and O–H groups in total. The van der Waals surface area contributed by atoms with Crippen molar-refractivity contribution in [3.8, 4) is 17.6 Å². The van der Waals surface area contributed by atoms with Crippen LogP contribution in [0, 0.1) is 11.3 Å². The number of hydrogen-bond donors (Lipinski definition) is 1. The molecule has 0 unspecified atom stereocenters. The zero-order valence-corrected chi connectivity index (χ0v) is 15.9. The number of hydrogen-bond acceptors (Lipinski definition) is 6. The van der Waals surface area contributed by atoms with Gasteiger partial charge >= 0.3 is 6.16 Å². The fourth-order valence-electron chi connectivity index (χ4n) is 1.87. The summed E-state index contributed by atoms with van der Waals surface area (Å²) in [5.41, 5.74) is -0.172. The van der Waals surface area contributed by atoms with Crippen LogP contribution >= 0.6 is 0 Å². The fraction of sp³-hybridized carbons (Fsp3) is 0.421. The Bertz CT molecular complexity index is 739. The van der Waals surface area contributed by atoms with Crippen LogP contribution in [0.3, 0.4) is 0 Å². The molecule has 0 saturated heterocycles. The minimum Gasteiger partial charge on any atom is -0.493 e. The first-order valence-electron chi connectivity index (χ1n) is 8.07. The van der Waals surface area contributed by atoms with Gasteiger partial charge in [0.05, 0.1) is 7.11 Å². The Labute approximate surface area is 153 Å². The highest BCUT2D eigenvalue weighted by Gasteiger charge is 2.20. The molecule has 0 radical (unpaired) electrons. The molecule has 1 amide bonds. The van der Waals surface area contributed by atoms with Gasteiger partial charge in [-0.3, -0.25) is 4.79 Å². The zero-order chi connectivity index (χ0) is 19.9. The number of methoxy groups -OCH3 is 1. The predicted octanol–water partition coefficient (Wildman–Crippen LogP) is 3.44. The van der Waals surface area contributed by atoms with E-state index in [9.17, 15) is 14.9 Å². The maximum Gasteiger partial charge on any atom is 0.514 e. The van der Waals surface area contributed by atoms with Crippen LogP contribution in [0.25, 0.3) is 6.08 Å². The number of amides is 1. The van der Waals surface area contributed by atoms with Crippen molar-refractivity contribution in [2.24, 2.45) is 0 Å². The van der Waals surface area contributed by atoms with E-state index in [1.165, 1.54) is 19.3 Å². The van der Waals surface area contributed by atoms with Gasteiger partial charge in [-0.1, -0.05) is 6.07 Å². The molecule has 0 saturated carbocycles. The lowest BCUT2D eigenvalue weighted by molar-refractivity contribution is -0.117. The molecular weight excluding hydrogens is 336 g/mol. The van der Waals surface area contributed by atoms with Crippen LogP contribution in [-0.4, -0.2) is 30.8 Å². The van der Waals surface area contributed by atoms with Crippen molar-refractivity contribution in [2.75, 3.05) is 7.11 Å². The van der Waals surface area contributed by atoms with Gasteiger partial charge in [0.15, 0.2) is 11.5 Å². The summed E-state index contributed by atoms with van der Waals surface area (Å²) in [6.45, 7) is 8.79. The molecule has 0 spiro atoms. The van der Waals surface area contributed by atoms with Crippen molar-refractivity contribution in [1.82, 2.24) is 5.32 Å². The summed E-state index contributed by atoms with van der Waals surface area (Å²) >= 11 is 0. The lowest BCUT2D eigenvalue weighted by Crippen LogP contribution is -2.30. The number of benzene rings is 1. The Morgan fingerprint density at radius 3 is 2.38 bits per heavy atom. The zero-order valence-electron chi connectivity index (χ0n) is 15.9. The third-order valence-electron chi connectivity index (χ3n) is 2.87. The molecule has 7 heteroatoms. The van der Waals surface area contributed by atoms with Crippen molar-refractivity contribution in [2.45, 2.75) is 46.3 Å². The minimum atomic E-state index is -0.854. The van der Waals surface area contributed by atoms with E-state index in [2.05, 4.69) is 5.32 Å². The Hall–Kier alpha value is -3.01. The van der Waals surface area contributed by atoms with Crippen LogP contribution in [-0.2, 0) is 9.53 Å². The summed E-state index contributed by atoms with van der Waals surface area (Å²) in [4.78, 5) is 23.8. The number of nitriles is 1. The molecule has 26 heavy (non-hydrogen) atoms. The molecule has 140 valence electrons. The smallest absolute Gasteiger partial charge is 0.493 e. The van der Waals surface area contributed by atoms with Gasteiger partial charge in [0.25, 0.3) is 5.91 Å². The quantitative estimate of drug-likeness (QED) is 0.374. The van der Waals surface area contributed by atoms with E-state index in [0.29, 0.717) is 5.56 Å². The minimum absolute atomic E-state index is 0.0402. The van der Waals surface area contributed by atoms with Crippen molar-refractivity contribution >= 4 is 18.1 Å². The molecule has 1 rings (SSSR count). The lowest BCUT2D eigenvalue weighted by atomic mass is 10.1. The van der Waals surface area contributed by atoms with E-state index < -0.39 is 17.7 Å². The average Bonchev–Trinajstić information content (AvgIpc) is 2.51. The van der Waals surface area contributed by atoms with E-state index in [0.717, 1.165) is 0 Å². The van der Waals surface area contributed by atoms with Gasteiger partial charge < -0.3 is 19.5 Å². The highest BCUT2D eigenvalue weighted by molar-refractivity contribution is 6.01. The molecule has 0 aromatic heterocycles. The standard InChI is InChI=1S/C19H24N2O5/c1-12(2)21-17(22)14(11-20)9-13-7-8-15(16(10-13)24-6)25-18(23)26-19(3,4)5/h7-10,12H,1-6H3,(H,21,22)/b14-9+. The van der Waals surface area contributed by atoms with Crippen molar-refractivity contribution in [3.05, 3.63) is 29.3 Å². The molecule has 0 aliphatic heterocycles. The lowest BCUT2D eigenvalue weighted by Gasteiger charge is -2.19. The molecule has 1 aromatic carbocycles. The highest BCUT2D eigenvalue weighted by Crippen LogP contribution is 2.29. The van der Waals surface area contributed by atoms with E-state index in [1.54, 1.807) is 46.8 Å². The van der Waals surface area contributed by atoms with E-state index in [1.807, 2.05) is 6.07 Å². The molecule has 0 bridgehead atoms. The molecule has 0 atom stereocenters. The second kappa shape index (κ2) is 8.90. The van der Waals surface area contributed by atoms with Gasteiger partial charge in [-0.2, -0.15) is 5.26 Å². The van der Waals surface area contributed by atoms with Crippen molar-refractivity contribution in [3.63, 3.8) is 0 Å². The van der Waals surface area contributed by atoms with Crippen LogP contribution in [0.2, 0.25) is 0 Å². The first-order chi connectivity index (χ1) is 12.1. The van der Waals surface area contributed by atoms with Gasteiger partial charge in [0, 0.05) is 6.04 Å². The Morgan fingerprint density at radius 2 is 1.88 bits per heavy atom. The van der Waals surface area contributed by atoms with E-state index in [4.69, 9.17) is 14.2 Å². The maximum atomic E-state index is 12.0. The molecular formula is C19H24N2O5. The Morgan fingerprint density at radius 1 is 1.23 bits per heavy atom. The van der Waals surface area contributed by atoms with Crippen LogP contribution in [0.5, 0.6) is 11.5 Å². The first-order valence-corrected chi connectivity index (χ1v) is 8.07. The second-order valence-corrected chi connectivity index (χ2v) is 6.77. The van der Waals surface area contributed by atoms with Crippen LogP contribution < -0.4 is 14.8 Å². The first kappa shape index (κ1) is 21.0. The Kier molecular flexibility index (Phi) is 7.20. The topological polar surface area (TPSA) is 97.6 Å². The van der Waals surface area contributed by atoms with Gasteiger partial charge in [-0.05, 0) is 58.4 Å². The number of nitrogens with one attached hydrogen (secondary N) is 1. The summed E-state index contributed by atoms with van der Waals surface area (Å²) in [7, 11) is 1.42. The van der Waals surface area contributed by atoms with E-state index in [-0.39, 0.29) is 23.1 Å². The monoisotopic (exact) mass is 360 g/mol.